The van der Waals surface area contributed by atoms with E-state index < -0.39 is 0 Å². The molecule has 0 unspecified atom stereocenters. The summed E-state index contributed by atoms with van der Waals surface area (Å²) in [5.41, 5.74) is 2.21. The second-order valence-electron chi connectivity index (χ2n) is 7.08. The van der Waals surface area contributed by atoms with Crippen molar-refractivity contribution in [3.63, 3.8) is 0 Å². The average Bonchev–Trinajstić information content (AvgIpc) is 3.25. The number of carbonyl (C=O) groups excluding carboxylic acids is 2. The maximum Gasteiger partial charge on any atom is 0.239 e. The van der Waals surface area contributed by atoms with Crippen LogP contribution in [0.15, 0.2) is 36.5 Å². The van der Waals surface area contributed by atoms with Gasteiger partial charge in [0, 0.05) is 30.5 Å². The third-order valence-corrected chi connectivity index (χ3v) is 5.27. The molecule has 136 valence electrons. The number of nitrogens with one attached hydrogen (secondary N) is 1. The number of nitrogens with zero attached hydrogens (tertiary/aromatic N) is 2. The van der Waals surface area contributed by atoms with Crippen LogP contribution in [0.2, 0.25) is 0 Å². The van der Waals surface area contributed by atoms with E-state index in [0.29, 0.717) is 26.2 Å². The van der Waals surface area contributed by atoms with Crippen molar-refractivity contribution < 1.29 is 14.3 Å². The Morgan fingerprint density at radius 1 is 1.27 bits per heavy atom. The Kier molecular flexibility index (Phi) is 4.84. The van der Waals surface area contributed by atoms with Crippen LogP contribution in [-0.4, -0.2) is 54.0 Å². The molecule has 4 rings (SSSR count). The van der Waals surface area contributed by atoms with Gasteiger partial charge in [0.15, 0.2) is 0 Å². The minimum atomic E-state index is -0.0969. The molecule has 1 N–H and O–H groups in total. The largest absolute Gasteiger partial charge is 0.379 e. The van der Waals surface area contributed by atoms with Gasteiger partial charge < -0.3 is 15.0 Å². The molecule has 2 aliphatic heterocycles. The molecule has 0 saturated carbocycles. The molecule has 2 amide bonds. The zero-order chi connectivity index (χ0) is 17.9. The highest BCUT2D eigenvalue weighted by molar-refractivity contribution is 5.86. The van der Waals surface area contributed by atoms with E-state index in [1.165, 1.54) is 5.56 Å². The first kappa shape index (κ1) is 17.0. The molecule has 2 aromatic rings. The summed E-state index contributed by atoms with van der Waals surface area (Å²) in [5.74, 6) is 0.196. The van der Waals surface area contributed by atoms with E-state index in [2.05, 4.69) is 16.4 Å². The molecule has 0 radical (unpaired) electrons. The highest BCUT2D eigenvalue weighted by Gasteiger charge is 2.31. The topological polar surface area (TPSA) is 71.5 Å². The van der Waals surface area contributed by atoms with Gasteiger partial charge in [-0.3, -0.25) is 14.6 Å². The van der Waals surface area contributed by atoms with E-state index in [-0.39, 0.29) is 30.3 Å². The second kappa shape index (κ2) is 7.41. The van der Waals surface area contributed by atoms with Gasteiger partial charge in [-0.15, -0.1) is 0 Å². The molecule has 2 fully saturated rings. The molecule has 2 atom stereocenters. The number of carbonyl (C=O) groups is 2. The predicted octanol–water partition coefficient (Wildman–Crippen LogP) is 1.53. The Hall–Kier alpha value is -2.47. The molecule has 1 aromatic heterocycles. The van der Waals surface area contributed by atoms with Crippen molar-refractivity contribution in [2.45, 2.75) is 25.3 Å². The summed E-state index contributed by atoms with van der Waals surface area (Å²) in [6, 6.07) is 10.1. The third-order valence-electron chi connectivity index (χ3n) is 5.27. The van der Waals surface area contributed by atoms with Crippen molar-refractivity contribution in [2.75, 3.05) is 26.3 Å². The van der Waals surface area contributed by atoms with Crippen LogP contribution in [0.25, 0.3) is 10.9 Å². The number of amides is 2. The predicted molar refractivity (Wildman–Crippen MR) is 97.5 cm³/mol. The zero-order valence-electron chi connectivity index (χ0n) is 14.7. The first-order valence-electron chi connectivity index (χ1n) is 9.18. The Labute approximate surface area is 152 Å². The summed E-state index contributed by atoms with van der Waals surface area (Å²) >= 11 is 0. The first-order valence-corrected chi connectivity index (χ1v) is 9.18. The van der Waals surface area contributed by atoms with E-state index in [9.17, 15) is 9.59 Å². The van der Waals surface area contributed by atoms with Crippen molar-refractivity contribution in [2.24, 2.45) is 5.92 Å². The lowest BCUT2D eigenvalue weighted by Crippen LogP contribution is -2.45. The molecule has 2 saturated heterocycles. The SMILES string of the molecule is O=C(CN1CCCC1=O)N[C@H]1COC[C@H]1Cc1ccnc2ccccc12. The Morgan fingerprint density at radius 2 is 2.15 bits per heavy atom. The lowest BCUT2D eigenvalue weighted by molar-refractivity contribution is -0.133. The van der Waals surface area contributed by atoms with Crippen LogP contribution in [0.1, 0.15) is 18.4 Å². The molecular formula is C20H23N3O3. The van der Waals surface area contributed by atoms with Gasteiger partial charge in [0.2, 0.25) is 11.8 Å². The molecule has 1 aromatic carbocycles. The summed E-state index contributed by atoms with van der Waals surface area (Å²) in [5, 5.41) is 4.22. The highest BCUT2D eigenvalue weighted by atomic mass is 16.5. The summed E-state index contributed by atoms with van der Waals surface area (Å²) in [7, 11) is 0. The van der Waals surface area contributed by atoms with Crippen molar-refractivity contribution in [3.05, 3.63) is 42.1 Å². The minimum absolute atomic E-state index is 0.0212. The van der Waals surface area contributed by atoms with Gasteiger partial charge in [0.05, 0.1) is 31.3 Å². The van der Waals surface area contributed by atoms with E-state index in [4.69, 9.17) is 4.74 Å². The van der Waals surface area contributed by atoms with Crippen LogP contribution < -0.4 is 5.32 Å². The Balaban J connectivity index is 1.41. The van der Waals surface area contributed by atoms with Crippen molar-refractivity contribution in [1.29, 1.82) is 0 Å². The highest BCUT2D eigenvalue weighted by Crippen LogP contribution is 2.24. The van der Waals surface area contributed by atoms with Crippen LogP contribution in [0.5, 0.6) is 0 Å². The van der Waals surface area contributed by atoms with Crippen LogP contribution in [0, 0.1) is 5.92 Å². The Morgan fingerprint density at radius 3 is 3.00 bits per heavy atom. The number of benzene rings is 1. The Bertz CT molecular complexity index is 818. The maximum absolute atomic E-state index is 12.3. The van der Waals surface area contributed by atoms with E-state index in [1.54, 1.807) is 4.90 Å². The van der Waals surface area contributed by atoms with Gasteiger partial charge >= 0.3 is 0 Å². The number of hydrogen-bond acceptors (Lipinski definition) is 4. The van der Waals surface area contributed by atoms with Gasteiger partial charge in [0.1, 0.15) is 0 Å². The molecule has 6 heteroatoms. The van der Waals surface area contributed by atoms with E-state index >= 15 is 0 Å². The quantitative estimate of drug-likeness (QED) is 0.885. The minimum Gasteiger partial charge on any atom is -0.379 e. The fraction of sp³-hybridized carbons (Fsp3) is 0.450. The van der Waals surface area contributed by atoms with E-state index in [1.807, 2.05) is 30.5 Å². The summed E-state index contributed by atoms with van der Waals surface area (Å²) in [4.78, 5) is 30.1. The number of aromatic nitrogens is 1. The molecule has 2 aliphatic rings. The normalized spacial score (nSPS) is 22.9. The molecule has 0 aliphatic carbocycles. The molecule has 0 spiro atoms. The summed E-state index contributed by atoms with van der Waals surface area (Å²) in [6.07, 6.45) is 4.06. The van der Waals surface area contributed by atoms with Crippen molar-refractivity contribution in [3.8, 4) is 0 Å². The lowest BCUT2D eigenvalue weighted by atomic mass is 9.93. The lowest BCUT2D eigenvalue weighted by Gasteiger charge is -2.22. The van der Waals surface area contributed by atoms with Crippen LogP contribution in [0.3, 0.4) is 0 Å². The van der Waals surface area contributed by atoms with Gasteiger partial charge in [-0.25, -0.2) is 0 Å². The number of ether oxygens (including phenoxy) is 1. The first-order chi connectivity index (χ1) is 12.7. The van der Waals surface area contributed by atoms with Gasteiger partial charge in [-0.1, -0.05) is 18.2 Å². The molecule has 6 nitrogen and oxygen atoms in total. The second-order valence-corrected chi connectivity index (χ2v) is 7.08. The van der Waals surface area contributed by atoms with Gasteiger partial charge in [-0.05, 0) is 30.5 Å². The molecule has 3 heterocycles. The van der Waals surface area contributed by atoms with E-state index in [0.717, 1.165) is 23.7 Å². The van der Waals surface area contributed by atoms with Crippen molar-refractivity contribution >= 4 is 22.7 Å². The van der Waals surface area contributed by atoms with Crippen LogP contribution in [-0.2, 0) is 20.7 Å². The molecular weight excluding hydrogens is 330 g/mol. The average molecular weight is 353 g/mol. The maximum atomic E-state index is 12.3. The number of pyridine rings is 1. The monoisotopic (exact) mass is 353 g/mol. The van der Waals surface area contributed by atoms with Crippen LogP contribution in [0.4, 0.5) is 0 Å². The van der Waals surface area contributed by atoms with Gasteiger partial charge in [0.25, 0.3) is 0 Å². The number of hydrogen-bond donors (Lipinski definition) is 1. The molecule has 26 heavy (non-hydrogen) atoms. The zero-order valence-corrected chi connectivity index (χ0v) is 14.7. The third kappa shape index (κ3) is 3.55. The number of para-hydroxylation sites is 1. The molecule has 0 bridgehead atoms. The van der Waals surface area contributed by atoms with Crippen molar-refractivity contribution in [1.82, 2.24) is 15.2 Å². The van der Waals surface area contributed by atoms with Gasteiger partial charge in [-0.2, -0.15) is 0 Å². The van der Waals surface area contributed by atoms with Crippen LogP contribution >= 0.6 is 0 Å². The fourth-order valence-electron chi connectivity index (χ4n) is 3.87. The number of rotatable bonds is 5. The number of likely N-dealkylation sites (tertiary alicyclic amines) is 1. The smallest absolute Gasteiger partial charge is 0.239 e. The standard InChI is InChI=1S/C20H23N3O3/c24-19(11-23-9-3-6-20(23)25)22-18-13-26-12-15(18)10-14-7-8-21-17-5-2-1-4-16(14)17/h1-2,4-5,7-8,15,18H,3,6,9-13H2,(H,22,24)/t15-,18+/m1/s1. The summed E-state index contributed by atoms with van der Waals surface area (Å²) in [6.45, 7) is 1.98. The number of fused-ring (bicyclic) bond motifs is 1. The summed E-state index contributed by atoms with van der Waals surface area (Å²) < 4.78 is 5.64. The fourth-order valence-corrected chi connectivity index (χ4v) is 3.87.